The summed E-state index contributed by atoms with van der Waals surface area (Å²) in [4.78, 5) is 0. The number of alkyl halides is 3. The second kappa shape index (κ2) is 7.38. The molecule has 3 nitrogen and oxygen atoms in total. The third kappa shape index (κ3) is 5.69. The van der Waals surface area contributed by atoms with Crippen molar-refractivity contribution in [2.24, 2.45) is 0 Å². The number of hydrogen-bond acceptors (Lipinski definition) is 3. The third-order valence-corrected chi connectivity index (χ3v) is 2.61. The molecule has 0 saturated heterocycles. The minimum absolute atomic E-state index is 0.268. The smallest absolute Gasteiger partial charge is 0.392 e. The van der Waals surface area contributed by atoms with E-state index in [1.165, 1.54) is 7.11 Å². The van der Waals surface area contributed by atoms with E-state index < -0.39 is 19.2 Å². The summed E-state index contributed by atoms with van der Waals surface area (Å²) in [5, 5.41) is 3.20. The second-order valence-electron chi connectivity index (χ2n) is 4.70. The van der Waals surface area contributed by atoms with Crippen LogP contribution in [0.15, 0.2) is 18.2 Å². The van der Waals surface area contributed by atoms with Crippen LogP contribution in [-0.2, 0) is 6.54 Å². The van der Waals surface area contributed by atoms with Crippen molar-refractivity contribution >= 4 is 0 Å². The number of methoxy groups -OCH3 is 1. The van der Waals surface area contributed by atoms with Crippen molar-refractivity contribution in [3.05, 3.63) is 23.8 Å². The molecule has 1 aromatic rings. The molecule has 6 heteroatoms. The molecule has 0 amide bonds. The summed E-state index contributed by atoms with van der Waals surface area (Å²) < 4.78 is 46.9. The van der Waals surface area contributed by atoms with Crippen molar-refractivity contribution in [2.45, 2.75) is 39.0 Å². The largest absolute Gasteiger partial charge is 0.493 e. The highest BCUT2D eigenvalue weighted by molar-refractivity contribution is 5.46. The Morgan fingerprint density at radius 2 is 1.95 bits per heavy atom. The highest BCUT2D eigenvalue weighted by Crippen LogP contribution is 2.32. The van der Waals surface area contributed by atoms with E-state index in [-0.39, 0.29) is 6.04 Å². The Hall–Kier alpha value is -1.43. The Kier molecular flexibility index (Phi) is 6.13. The first kappa shape index (κ1) is 16.6. The average molecular weight is 291 g/mol. The Morgan fingerprint density at radius 3 is 2.50 bits per heavy atom. The Balaban J connectivity index is 2.78. The molecule has 0 fully saturated rings. The predicted octanol–water partition coefficient (Wildman–Crippen LogP) is 3.52. The first-order chi connectivity index (χ1) is 9.33. The quantitative estimate of drug-likeness (QED) is 0.833. The summed E-state index contributed by atoms with van der Waals surface area (Å²) in [6.07, 6.45) is -5.21. The maximum atomic E-state index is 12.2. The fourth-order valence-electron chi connectivity index (χ4n) is 1.61. The van der Waals surface area contributed by atoms with Gasteiger partial charge < -0.3 is 14.8 Å². The van der Waals surface area contributed by atoms with Crippen LogP contribution in [0, 0.1) is 0 Å². The van der Waals surface area contributed by atoms with Crippen LogP contribution in [0.1, 0.15) is 25.8 Å². The molecule has 1 N–H and O–H groups in total. The van der Waals surface area contributed by atoms with Crippen LogP contribution in [0.3, 0.4) is 0 Å². The van der Waals surface area contributed by atoms with Crippen LogP contribution in [0.5, 0.6) is 11.5 Å². The highest BCUT2D eigenvalue weighted by atomic mass is 19.4. The van der Waals surface area contributed by atoms with Gasteiger partial charge in [-0.3, -0.25) is 0 Å². The Morgan fingerprint density at radius 1 is 1.25 bits per heavy atom. The average Bonchev–Trinajstić information content (AvgIpc) is 2.35. The molecule has 0 unspecified atom stereocenters. The van der Waals surface area contributed by atoms with Gasteiger partial charge >= 0.3 is 6.18 Å². The SMILES string of the molecule is COc1cccc(CNC(C)C)c1OCCC(F)(F)F. The van der Waals surface area contributed by atoms with Crippen molar-refractivity contribution in [3.8, 4) is 11.5 Å². The van der Waals surface area contributed by atoms with E-state index in [9.17, 15) is 13.2 Å². The molecule has 0 atom stereocenters. The summed E-state index contributed by atoms with van der Waals surface area (Å²) in [5.41, 5.74) is 0.778. The van der Waals surface area contributed by atoms with Crippen LogP contribution in [0.4, 0.5) is 13.2 Å². The van der Waals surface area contributed by atoms with Crippen LogP contribution in [0.2, 0.25) is 0 Å². The third-order valence-electron chi connectivity index (χ3n) is 2.61. The molecule has 0 aliphatic rings. The lowest BCUT2D eigenvalue weighted by Gasteiger charge is -2.17. The number of halogens is 3. The molecule has 0 aliphatic carbocycles. The fourth-order valence-corrected chi connectivity index (χ4v) is 1.61. The maximum absolute atomic E-state index is 12.2. The van der Waals surface area contributed by atoms with E-state index in [4.69, 9.17) is 9.47 Å². The van der Waals surface area contributed by atoms with E-state index in [0.717, 1.165) is 5.56 Å². The summed E-state index contributed by atoms with van der Waals surface area (Å²) >= 11 is 0. The van der Waals surface area contributed by atoms with Crippen molar-refractivity contribution in [1.82, 2.24) is 5.32 Å². The van der Waals surface area contributed by atoms with Gasteiger partial charge in [-0.05, 0) is 6.07 Å². The number of ether oxygens (including phenoxy) is 2. The van der Waals surface area contributed by atoms with Crippen molar-refractivity contribution in [2.75, 3.05) is 13.7 Å². The molecule has 114 valence electrons. The van der Waals surface area contributed by atoms with Gasteiger partial charge in [-0.25, -0.2) is 0 Å². The zero-order valence-corrected chi connectivity index (χ0v) is 11.9. The van der Waals surface area contributed by atoms with E-state index in [1.54, 1.807) is 18.2 Å². The highest BCUT2D eigenvalue weighted by Gasteiger charge is 2.27. The molecule has 0 saturated carbocycles. The van der Waals surface area contributed by atoms with Crippen LogP contribution in [0.25, 0.3) is 0 Å². The standard InChI is InChI=1S/C14H20F3NO2/c1-10(2)18-9-11-5-4-6-12(19-3)13(11)20-8-7-14(15,16)17/h4-6,10,18H,7-9H2,1-3H3. The van der Waals surface area contributed by atoms with Crippen molar-refractivity contribution in [1.29, 1.82) is 0 Å². The number of para-hydroxylation sites is 1. The number of benzene rings is 1. The molecular weight excluding hydrogens is 271 g/mol. The molecule has 1 aromatic carbocycles. The summed E-state index contributed by atoms with van der Waals surface area (Å²) in [5.74, 6) is 0.808. The van der Waals surface area contributed by atoms with E-state index >= 15 is 0 Å². The zero-order chi connectivity index (χ0) is 15.2. The first-order valence-corrected chi connectivity index (χ1v) is 6.42. The molecule has 20 heavy (non-hydrogen) atoms. The van der Waals surface area contributed by atoms with Gasteiger partial charge in [-0.1, -0.05) is 26.0 Å². The number of nitrogens with one attached hydrogen (secondary N) is 1. The molecule has 0 aliphatic heterocycles. The van der Waals surface area contributed by atoms with E-state index in [2.05, 4.69) is 5.32 Å². The van der Waals surface area contributed by atoms with Gasteiger partial charge in [0.25, 0.3) is 0 Å². The van der Waals surface area contributed by atoms with E-state index in [0.29, 0.717) is 18.0 Å². The minimum Gasteiger partial charge on any atom is -0.493 e. The maximum Gasteiger partial charge on any atom is 0.392 e. The molecule has 0 spiro atoms. The fraction of sp³-hybridized carbons (Fsp3) is 0.571. The van der Waals surface area contributed by atoms with Gasteiger partial charge in [0.15, 0.2) is 11.5 Å². The van der Waals surface area contributed by atoms with Gasteiger partial charge in [0.1, 0.15) is 0 Å². The lowest BCUT2D eigenvalue weighted by atomic mass is 10.1. The topological polar surface area (TPSA) is 30.5 Å². The molecular formula is C14H20F3NO2. The molecule has 0 radical (unpaired) electrons. The monoisotopic (exact) mass is 291 g/mol. The molecule has 0 heterocycles. The molecule has 1 rings (SSSR count). The van der Waals surface area contributed by atoms with Gasteiger partial charge in [-0.15, -0.1) is 0 Å². The van der Waals surface area contributed by atoms with Crippen molar-refractivity contribution < 1.29 is 22.6 Å². The minimum atomic E-state index is -4.22. The predicted molar refractivity (Wildman–Crippen MR) is 71.1 cm³/mol. The molecule has 0 aromatic heterocycles. The number of rotatable bonds is 7. The van der Waals surface area contributed by atoms with Crippen LogP contribution in [-0.4, -0.2) is 25.9 Å². The molecule has 0 bridgehead atoms. The lowest BCUT2D eigenvalue weighted by Crippen LogP contribution is -2.22. The van der Waals surface area contributed by atoms with Crippen LogP contribution >= 0.6 is 0 Å². The lowest BCUT2D eigenvalue weighted by molar-refractivity contribution is -0.139. The summed E-state index contributed by atoms with van der Waals surface area (Å²) in [7, 11) is 1.46. The number of hydrogen-bond donors (Lipinski definition) is 1. The second-order valence-corrected chi connectivity index (χ2v) is 4.70. The Labute approximate surface area is 117 Å². The summed E-state index contributed by atoms with van der Waals surface area (Å²) in [6, 6.07) is 5.53. The van der Waals surface area contributed by atoms with Gasteiger partial charge in [-0.2, -0.15) is 13.2 Å². The van der Waals surface area contributed by atoms with Gasteiger partial charge in [0, 0.05) is 18.2 Å². The normalized spacial score (nSPS) is 11.8. The summed E-state index contributed by atoms with van der Waals surface area (Å²) in [6.45, 7) is 4.07. The first-order valence-electron chi connectivity index (χ1n) is 6.42. The van der Waals surface area contributed by atoms with Crippen molar-refractivity contribution in [3.63, 3.8) is 0 Å². The van der Waals surface area contributed by atoms with Crippen LogP contribution < -0.4 is 14.8 Å². The van der Waals surface area contributed by atoms with Gasteiger partial charge in [0.05, 0.1) is 20.1 Å². The zero-order valence-electron chi connectivity index (χ0n) is 11.9. The Bertz CT molecular complexity index is 419. The van der Waals surface area contributed by atoms with E-state index in [1.807, 2.05) is 13.8 Å². The van der Waals surface area contributed by atoms with Gasteiger partial charge in [0.2, 0.25) is 0 Å².